The number of esters is 2. The van der Waals surface area contributed by atoms with Gasteiger partial charge >= 0.3 is 11.9 Å². The van der Waals surface area contributed by atoms with Crippen LogP contribution in [0.5, 0.6) is 11.5 Å². The Morgan fingerprint density at radius 1 is 0.628 bits per heavy atom. The molecule has 0 saturated heterocycles. The Kier molecular flexibility index (Phi) is 6.45. The number of carbonyl (C=O) groups excluding carboxylic acids is 2. The summed E-state index contributed by atoms with van der Waals surface area (Å²) in [7, 11) is 0. The fourth-order valence-corrected chi connectivity index (χ4v) is 12.5. The number of ether oxygens (including phenoxy) is 2. The van der Waals surface area contributed by atoms with Crippen molar-refractivity contribution in [1.82, 2.24) is 0 Å². The summed E-state index contributed by atoms with van der Waals surface area (Å²) in [5, 5.41) is 0. The molecule has 4 heteroatoms. The van der Waals surface area contributed by atoms with Gasteiger partial charge in [-0.1, -0.05) is 63.8 Å². The highest BCUT2D eigenvalue weighted by atomic mass is 16.5. The molecular weight excluding hydrogens is 532 g/mol. The molecule has 0 radical (unpaired) electrons. The maximum Gasteiger partial charge on any atom is 0.311 e. The molecule has 0 aromatic heterocycles. The third-order valence-corrected chi connectivity index (χ3v) is 13.7. The molecule has 2 aromatic rings. The van der Waals surface area contributed by atoms with E-state index in [9.17, 15) is 9.59 Å². The Labute approximate surface area is 257 Å². The minimum absolute atomic E-state index is 0.102. The summed E-state index contributed by atoms with van der Waals surface area (Å²) in [5.41, 5.74) is 4.70. The van der Waals surface area contributed by atoms with E-state index >= 15 is 0 Å². The fourth-order valence-electron chi connectivity index (χ4n) is 12.5. The van der Waals surface area contributed by atoms with Gasteiger partial charge in [0.15, 0.2) is 0 Å². The molecule has 228 valence electrons. The Hall–Kier alpha value is -2.62. The van der Waals surface area contributed by atoms with Crippen molar-refractivity contribution in [3.63, 3.8) is 0 Å². The number of unbranched alkanes of at least 4 members (excludes halogenated alkanes) is 4. The summed E-state index contributed by atoms with van der Waals surface area (Å²) in [5.74, 6) is 4.66. The van der Waals surface area contributed by atoms with Crippen molar-refractivity contribution in [3.8, 4) is 11.5 Å². The van der Waals surface area contributed by atoms with Gasteiger partial charge in [0.1, 0.15) is 11.5 Å². The topological polar surface area (TPSA) is 52.6 Å². The lowest BCUT2D eigenvalue weighted by Crippen LogP contribution is -2.85. The summed E-state index contributed by atoms with van der Waals surface area (Å²) in [4.78, 5) is 24.6. The van der Waals surface area contributed by atoms with Gasteiger partial charge in [0.2, 0.25) is 0 Å². The van der Waals surface area contributed by atoms with Gasteiger partial charge in [-0.2, -0.15) is 0 Å². The van der Waals surface area contributed by atoms with Crippen LogP contribution >= 0.6 is 0 Å². The molecule has 43 heavy (non-hydrogen) atoms. The molecule has 0 aliphatic heterocycles. The van der Waals surface area contributed by atoms with Crippen LogP contribution in [0.3, 0.4) is 0 Å². The van der Waals surface area contributed by atoms with Crippen molar-refractivity contribution in [2.75, 3.05) is 0 Å². The molecule has 2 unspecified atom stereocenters. The first-order chi connectivity index (χ1) is 20.9. The quantitative estimate of drug-likeness (QED) is 0.143. The summed E-state index contributed by atoms with van der Waals surface area (Å²) in [6.07, 6.45) is 16.8. The van der Waals surface area contributed by atoms with Gasteiger partial charge in [0.25, 0.3) is 0 Å². The standard InChI is InChI=1S/C39H48O4/c1-3-5-7-9-34(40)42-28-15-11-26(12-16-28)36-20-31-30-19-37(23-38(31)25-39(24-37,32(30)21-36)33(38)22-36)27-13-17-29(18-14-27)43-35(41)10-8-6-4-2/h11-18,30-33H,3-10,19-25H2,1-2H3/t30?,31-,32-,33?,36?,37?,38?,39?/m1/s1. The van der Waals surface area contributed by atoms with Crippen LogP contribution in [-0.4, -0.2) is 11.9 Å². The SMILES string of the molecule is CCCCCC(=O)Oc1ccc(C23CC4C56CC7(c8ccc(OC(=O)CCCCC)cc8)CC([C@H]5C2)[C@@H](C3)C4(C7)C6)cc1. The van der Waals surface area contributed by atoms with Gasteiger partial charge in [0, 0.05) is 12.8 Å². The van der Waals surface area contributed by atoms with Crippen LogP contribution in [0.25, 0.3) is 0 Å². The van der Waals surface area contributed by atoms with Crippen LogP contribution in [0.2, 0.25) is 0 Å². The lowest BCUT2D eigenvalue weighted by Gasteiger charge is -2.91. The molecule has 4 nitrogen and oxygen atoms in total. The Bertz CT molecular complexity index is 1360. The van der Waals surface area contributed by atoms with Crippen LogP contribution in [0.15, 0.2) is 48.5 Å². The zero-order valence-electron chi connectivity index (χ0n) is 26.2. The van der Waals surface area contributed by atoms with Crippen molar-refractivity contribution < 1.29 is 19.1 Å². The maximum atomic E-state index is 12.3. The summed E-state index contributed by atoms with van der Waals surface area (Å²) in [6, 6.07) is 17.4. The number of hydrogen-bond acceptors (Lipinski definition) is 4. The molecular formula is C39H48O4. The van der Waals surface area contributed by atoms with E-state index in [0.717, 1.165) is 62.2 Å². The van der Waals surface area contributed by atoms with Crippen molar-refractivity contribution in [1.29, 1.82) is 0 Å². The van der Waals surface area contributed by atoms with E-state index in [4.69, 9.17) is 9.47 Å². The Morgan fingerprint density at radius 3 is 1.60 bits per heavy atom. The monoisotopic (exact) mass is 580 g/mol. The lowest BCUT2D eigenvalue weighted by molar-refractivity contribution is -0.398. The molecule has 0 amide bonds. The van der Waals surface area contributed by atoms with E-state index in [1.54, 1.807) is 0 Å². The van der Waals surface area contributed by atoms with Gasteiger partial charge < -0.3 is 9.47 Å². The van der Waals surface area contributed by atoms with E-state index in [-0.39, 0.29) is 11.9 Å². The predicted octanol–water partition coefficient (Wildman–Crippen LogP) is 9.08. The second-order valence-electron chi connectivity index (χ2n) is 15.7. The van der Waals surface area contributed by atoms with Crippen molar-refractivity contribution >= 4 is 11.9 Å². The largest absolute Gasteiger partial charge is 0.427 e. The zero-order valence-corrected chi connectivity index (χ0v) is 26.2. The van der Waals surface area contributed by atoms with E-state index < -0.39 is 0 Å². The highest BCUT2D eigenvalue weighted by molar-refractivity contribution is 5.72. The van der Waals surface area contributed by atoms with Crippen LogP contribution < -0.4 is 9.47 Å². The first kappa shape index (κ1) is 27.9. The predicted molar refractivity (Wildman–Crippen MR) is 167 cm³/mol. The fraction of sp³-hybridized carbons (Fsp3) is 0.641. The summed E-state index contributed by atoms with van der Waals surface area (Å²) in [6.45, 7) is 4.31. The Morgan fingerprint density at radius 2 is 1.12 bits per heavy atom. The molecule has 8 bridgehead atoms. The van der Waals surface area contributed by atoms with Crippen LogP contribution in [0.1, 0.15) is 121 Å². The first-order valence-corrected chi connectivity index (χ1v) is 17.5. The van der Waals surface area contributed by atoms with Crippen LogP contribution in [-0.2, 0) is 20.4 Å². The third kappa shape index (κ3) is 3.99. The molecule has 9 aliphatic rings. The average Bonchev–Trinajstić information content (AvgIpc) is 3.00. The van der Waals surface area contributed by atoms with Gasteiger partial charge in [-0.3, -0.25) is 9.59 Å². The average molecular weight is 581 g/mol. The van der Waals surface area contributed by atoms with E-state index in [1.165, 1.54) is 56.1 Å². The molecule has 2 aromatic carbocycles. The Balaban J connectivity index is 0.977. The van der Waals surface area contributed by atoms with Crippen molar-refractivity contribution in [3.05, 3.63) is 59.7 Å². The van der Waals surface area contributed by atoms with E-state index in [2.05, 4.69) is 62.4 Å². The van der Waals surface area contributed by atoms with Gasteiger partial charge in [0.05, 0.1) is 0 Å². The van der Waals surface area contributed by atoms with E-state index in [1.807, 2.05) is 0 Å². The third-order valence-electron chi connectivity index (χ3n) is 13.7. The summed E-state index contributed by atoms with van der Waals surface area (Å²) < 4.78 is 11.4. The number of carbonyl (C=O) groups is 2. The molecule has 0 heterocycles. The molecule has 4 atom stereocenters. The van der Waals surface area contributed by atoms with Crippen LogP contribution in [0.4, 0.5) is 0 Å². The molecule has 11 rings (SSSR count). The maximum absolute atomic E-state index is 12.3. The number of hydrogen-bond donors (Lipinski definition) is 0. The second kappa shape index (κ2) is 9.94. The molecule has 9 fully saturated rings. The minimum Gasteiger partial charge on any atom is -0.427 e. The lowest BCUT2D eigenvalue weighted by atomic mass is 9.13. The number of benzene rings is 2. The second-order valence-corrected chi connectivity index (χ2v) is 15.7. The minimum atomic E-state index is -0.103. The van der Waals surface area contributed by atoms with Gasteiger partial charge in [-0.05, 0) is 139 Å². The molecule has 9 saturated carbocycles. The smallest absolute Gasteiger partial charge is 0.311 e. The van der Waals surface area contributed by atoms with Crippen molar-refractivity contribution in [2.45, 2.75) is 121 Å². The summed E-state index contributed by atoms with van der Waals surface area (Å²) >= 11 is 0. The number of rotatable bonds is 12. The highest BCUT2D eigenvalue weighted by Gasteiger charge is 2.86. The van der Waals surface area contributed by atoms with Crippen LogP contribution in [0, 0.1) is 34.5 Å². The highest BCUT2D eigenvalue weighted by Crippen LogP contribution is 2.93. The van der Waals surface area contributed by atoms with Crippen molar-refractivity contribution in [2.24, 2.45) is 34.5 Å². The molecule has 2 spiro atoms. The normalized spacial score (nSPS) is 38.7. The van der Waals surface area contributed by atoms with E-state index in [0.29, 0.717) is 46.0 Å². The zero-order chi connectivity index (χ0) is 29.5. The van der Waals surface area contributed by atoms with Gasteiger partial charge in [-0.15, -0.1) is 0 Å². The molecule has 0 N–H and O–H groups in total. The van der Waals surface area contributed by atoms with Gasteiger partial charge in [-0.25, -0.2) is 0 Å². The molecule has 9 aliphatic carbocycles. The first-order valence-electron chi connectivity index (χ1n) is 17.5.